The molecule has 3 heteroatoms. The van der Waals surface area contributed by atoms with Crippen molar-refractivity contribution in [3.05, 3.63) is 58.6 Å². The number of rotatable bonds is 3. The molecular formula is C14H13Cl2N. The molecule has 17 heavy (non-hydrogen) atoms. The summed E-state index contributed by atoms with van der Waals surface area (Å²) in [6, 6.07) is 15.7. The van der Waals surface area contributed by atoms with Gasteiger partial charge in [0.15, 0.2) is 0 Å². The Labute approximate surface area is 112 Å². The Balaban J connectivity index is 2.42. The van der Waals surface area contributed by atoms with Gasteiger partial charge in [0.2, 0.25) is 0 Å². The summed E-state index contributed by atoms with van der Waals surface area (Å²) in [4.78, 5) is 2.15. The number of halogens is 2. The van der Waals surface area contributed by atoms with Gasteiger partial charge in [-0.2, -0.15) is 0 Å². The molecular weight excluding hydrogens is 253 g/mol. The standard InChI is InChI=1S/C14H13Cl2N/c1-2-17(12-6-4-3-5-7-12)14-9-8-11(15)10-13(14)16/h3-10H,2H2,1H3. The number of hydrogen-bond donors (Lipinski definition) is 0. The zero-order valence-electron chi connectivity index (χ0n) is 9.53. The van der Waals surface area contributed by atoms with Gasteiger partial charge < -0.3 is 4.90 Å². The van der Waals surface area contributed by atoms with Crippen LogP contribution in [0.1, 0.15) is 6.92 Å². The van der Waals surface area contributed by atoms with Crippen LogP contribution in [0.3, 0.4) is 0 Å². The van der Waals surface area contributed by atoms with Crippen LogP contribution >= 0.6 is 23.2 Å². The van der Waals surface area contributed by atoms with Crippen LogP contribution < -0.4 is 4.90 Å². The summed E-state index contributed by atoms with van der Waals surface area (Å²) in [5.41, 5.74) is 2.10. The Hall–Kier alpha value is -1.18. The van der Waals surface area contributed by atoms with Crippen LogP contribution in [-0.4, -0.2) is 6.54 Å². The summed E-state index contributed by atoms with van der Waals surface area (Å²) >= 11 is 12.1. The molecule has 0 amide bonds. The fourth-order valence-corrected chi connectivity index (χ4v) is 2.31. The lowest BCUT2D eigenvalue weighted by Crippen LogP contribution is -2.16. The average molecular weight is 266 g/mol. The molecule has 0 bridgehead atoms. The van der Waals surface area contributed by atoms with Crippen molar-refractivity contribution in [1.29, 1.82) is 0 Å². The molecule has 0 saturated heterocycles. The maximum Gasteiger partial charge on any atom is 0.0657 e. The van der Waals surface area contributed by atoms with Crippen LogP contribution in [0.15, 0.2) is 48.5 Å². The highest BCUT2D eigenvalue weighted by Gasteiger charge is 2.10. The highest BCUT2D eigenvalue weighted by Crippen LogP contribution is 2.33. The maximum absolute atomic E-state index is 6.23. The largest absolute Gasteiger partial charge is 0.341 e. The Morgan fingerprint density at radius 2 is 1.71 bits per heavy atom. The lowest BCUT2D eigenvalue weighted by Gasteiger charge is -2.24. The van der Waals surface area contributed by atoms with E-state index in [0.29, 0.717) is 10.0 Å². The Kier molecular flexibility index (Phi) is 3.93. The minimum absolute atomic E-state index is 0.655. The first-order valence-corrected chi connectivity index (χ1v) is 6.25. The van der Waals surface area contributed by atoms with Gasteiger partial charge in [-0.05, 0) is 37.3 Å². The Morgan fingerprint density at radius 3 is 2.29 bits per heavy atom. The molecule has 0 heterocycles. The van der Waals surface area contributed by atoms with E-state index < -0.39 is 0 Å². The van der Waals surface area contributed by atoms with E-state index in [1.807, 2.05) is 30.3 Å². The molecule has 0 atom stereocenters. The van der Waals surface area contributed by atoms with Gasteiger partial charge in [0.25, 0.3) is 0 Å². The average Bonchev–Trinajstić information content (AvgIpc) is 2.34. The van der Waals surface area contributed by atoms with Gasteiger partial charge in [0, 0.05) is 17.3 Å². The Bertz CT molecular complexity index is 497. The van der Waals surface area contributed by atoms with Crippen LogP contribution in [0.2, 0.25) is 10.0 Å². The minimum atomic E-state index is 0.655. The molecule has 1 nitrogen and oxygen atoms in total. The van der Waals surface area contributed by atoms with Gasteiger partial charge in [0.05, 0.1) is 10.7 Å². The van der Waals surface area contributed by atoms with Gasteiger partial charge in [-0.15, -0.1) is 0 Å². The molecule has 0 aromatic heterocycles. The van der Waals surface area contributed by atoms with Crippen molar-refractivity contribution >= 4 is 34.6 Å². The topological polar surface area (TPSA) is 3.24 Å². The quantitative estimate of drug-likeness (QED) is 0.742. The second kappa shape index (κ2) is 5.44. The van der Waals surface area contributed by atoms with E-state index in [1.54, 1.807) is 6.07 Å². The Morgan fingerprint density at radius 1 is 1.00 bits per heavy atom. The van der Waals surface area contributed by atoms with Gasteiger partial charge in [-0.1, -0.05) is 41.4 Å². The highest BCUT2D eigenvalue weighted by molar-refractivity contribution is 6.36. The van der Waals surface area contributed by atoms with E-state index in [0.717, 1.165) is 17.9 Å². The normalized spacial score (nSPS) is 10.3. The zero-order chi connectivity index (χ0) is 12.3. The number of nitrogens with zero attached hydrogens (tertiary/aromatic N) is 1. The van der Waals surface area contributed by atoms with Crippen molar-refractivity contribution in [2.75, 3.05) is 11.4 Å². The van der Waals surface area contributed by atoms with Crippen molar-refractivity contribution in [3.8, 4) is 0 Å². The molecule has 2 aromatic rings. The van der Waals surface area contributed by atoms with Gasteiger partial charge in [-0.25, -0.2) is 0 Å². The first-order chi connectivity index (χ1) is 8.22. The minimum Gasteiger partial charge on any atom is -0.341 e. The molecule has 2 rings (SSSR count). The number of hydrogen-bond acceptors (Lipinski definition) is 1. The van der Waals surface area contributed by atoms with Crippen molar-refractivity contribution in [2.45, 2.75) is 6.92 Å². The maximum atomic E-state index is 6.23. The highest BCUT2D eigenvalue weighted by atomic mass is 35.5. The molecule has 0 unspecified atom stereocenters. The molecule has 0 aliphatic carbocycles. The van der Waals surface area contributed by atoms with E-state index >= 15 is 0 Å². The van der Waals surface area contributed by atoms with E-state index in [-0.39, 0.29) is 0 Å². The molecule has 0 radical (unpaired) electrons. The first kappa shape index (κ1) is 12.3. The van der Waals surface area contributed by atoms with Gasteiger partial charge in [0.1, 0.15) is 0 Å². The third kappa shape index (κ3) is 2.74. The molecule has 0 aliphatic heterocycles. The molecule has 0 aliphatic rings. The van der Waals surface area contributed by atoms with E-state index in [4.69, 9.17) is 23.2 Å². The number of para-hydroxylation sites is 1. The fourth-order valence-electron chi connectivity index (χ4n) is 1.80. The van der Waals surface area contributed by atoms with Crippen LogP contribution in [0.4, 0.5) is 11.4 Å². The predicted octanol–water partition coefficient (Wildman–Crippen LogP) is 5.15. The summed E-state index contributed by atoms with van der Waals surface area (Å²) in [6.07, 6.45) is 0. The summed E-state index contributed by atoms with van der Waals surface area (Å²) in [6.45, 7) is 2.95. The lowest BCUT2D eigenvalue weighted by molar-refractivity contribution is 1.02. The summed E-state index contributed by atoms with van der Waals surface area (Å²) in [5, 5.41) is 1.33. The second-order valence-corrected chi connectivity index (χ2v) is 4.52. The molecule has 88 valence electrons. The van der Waals surface area contributed by atoms with E-state index in [1.165, 1.54) is 0 Å². The second-order valence-electron chi connectivity index (χ2n) is 3.68. The zero-order valence-corrected chi connectivity index (χ0v) is 11.0. The third-order valence-electron chi connectivity index (χ3n) is 2.58. The first-order valence-electron chi connectivity index (χ1n) is 5.50. The molecule has 0 fully saturated rings. The molecule has 2 aromatic carbocycles. The smallest absolute Gasteiger partial charge is 0.0657 e. The number of benzene rings is 2. The van der Waals surface area contributed by atoms with Crippen LogP contribution in [0.5, 0.6) is 0 Å². The van der Waals surface area contributed by atoms with Crippen molar-refractivity contribution in [1.82, 2.24) is 0 Å². The number of anilines is 2. The molecule has 0 N–H and O–H groups in total. The van der Waals surface area contributed by atoms with Crippen LogP contribution in [0, 0.1) is 0 Å². The third-order valence-corrected chi connectivity index (χ3v) is 3.12. The fraction of sp³-hybridized carbons (Fsp3) is 0.143. The van der Waals surface area contributed by atoms with Crippen molar-refractivity contribution < 1.29 is 0 Å². The monoisotopic (exact) mass is 265 g/mol. The molecule has 0 spiro atoms. The van der Waals surface area contributed by atoms with Crippen molar-refractivity contribution in [2.24, 2.45) is 0 Å². The predicted molar refractivity (Wildman–Crippen MR) is 75.6 cm³/mol. The summed E-state index contributed by atoms with van der Waals surface area (Å²) in [7, 11) is 0. The van der Waals surface area contributed by atoms with E-state index in [2.05, 4.69) is 24.0 Å². The molecule has 0 saturated carbocycles. The van der Waals surface area contributed by atoms with E-state index in [9.17, 15) is 0 Å². The van der Waals surface area contributed by atoms with Crippen LogP contribution in [0.25, 0.3) is 0 Å². The summed E-state index contributed by atoms with van der Waals surface area (Å²) in [5.74, 6) is 0. The lowest BCUT2D eigenvalue weighted by atomic mass is 10.2. The van der Waals surface area contributed by atoms with Gasteiger partial charge >= 0.3 is 0 Å². The van der Waals surface area contributed by atoms with Gasteiger partial charge in [-0.3, -0.25) is 0 Å². The summed E-state index contributed by atoms with van der Waals surface area (Å²) < 4.78 is 0. The van der Waals surface area contributed by atoms with Crippen molar-refractivity contribution in [3.63, 3.8) is 0 Å². The van der Waals surface area contributed by atoms with Crippen LogP contribution in [-0.2, 0) is 0 Å². The SMILES string of the molecule is CCN(c1ccccc1)c1ccc(Cl)cc1Cl.